The van der Waals surface area contributed by atoms with Gasteiger partial charge in [0.05, 0.1) is 4.90 Å². The Balaban J connectivity index is 1.39. The quantitative estimate of drug-likeness (QED) is 0.665. The zero-order valence-corrected chi connectivity index (χ0v) is 20.3. The summed E-state index contributed by atoms with van der Waals surface area (Å²) in [6.07, 6.45) is 3.36. The van der Waals surface area contributed by atoms with E-state index in [0.717, 1.165) is 29.7 Å². The predicted molar refractivity (Wildman–Crippen MR) is 122 cm³/mol. The summed E-state index contributed by atoms with van der Waals surface area (Å²) in [5.74, 6) is -0.631. The fraction of sp³-hybridized carbons (Fsp3) is 0.609. The maximum Gasteiger partial charge on any atom is 0.325 e. The number of nitrogens with one attached hydrogen (secondary N) is 1. The van der Waals surface area contributed by atoms with E-state index in [2.05, 4.69) is 5.32 Å². The van der Waals surface area contributed by atoms with E-state index < -0.39 is 21.6 Å². The average Bonchev–Trinajstić information content (AvgIpc) is 3.02. The van der Waals surface area contributed by atoms with Gasteiger partial charge in [-0.25, -0.2) is 13.2 Å². The van der Waals surface area contributed by atoms with Gasteiger partial charge < -0.3 is 10.2 Å². The van der Waals surface area contributed by atoms with Gasteiger partial charge in [-0.1, -0.05) is 31.9 Å². The zero-order chi connectivity index (χ0) is 24.0. The molecule has 33 heavy (non-hydrogen) atoms. The molecule has 1 saturated carbocycles. The topological polar surface area (TPSA) is 107 Å². The first kappa shape index (κ1) is 23.7. The number of hydrogen-bond donors (Lipinski definition) is 1. The van der Waals surface area contributed by atoms with E-state index in [0.29, 0.717) is 12.0 Å². The van der Waals surface area contributed by atoms with E-state index in [4.69, 9.17) is 0 Å². The predicted octanol–water partition coefficient (Wildman–Crippen LogP) is 1.64. The lowest BCUT2D eigenvalue weighted by molar-refractivity contribution is -0.141. The molecule has 0 unspecified atom stereocenters. The van der Waals surface area contributed by atoms with Crippen molar-refractivity contribution in [3.63, 3.8) is 0 Å². The van der Waals surface area contributed by atoms with Gasteiger partial charge in [0.1, 0.15) is 12.1 Å². The molecule has 0 bridgehead atoms. The molecular weight excluding hydrogens is 444 g/mol. The Morgan fingerprint density at radius 2 is 1.82 bits per heavy atom. The zero-order valence-electron chi connectivity index (χ0n) is 19.5. The highest BCUT2D eigenvalue weighted by atomic mass is 32.2. The molecule has 2 aliphatic heterocycles. The SMILES string of the molecule is Cc1ccc(C)c(S(=O)(=O)N2CCN(C(=O)CN3C(=O)N[C@@]4(CCCC[C@H]4C)C3=O)CC2)c1. The van der Waals surface area contributed by atoms with Crippen molar-refractivity contribution in [3.8, 4) is 0 Å². The third-order valence-corrected chi connectivity index (χ3v) is 9.39. The third kappa shape index (κ3) is 4.14. The van der Waals surface area contributed by atoms with Crippen LogP contribution in [-0.4, -0.2) is 78.6 Å². The molecule has 1 aromatic carbocycles. The Kier molecular flexibility index (Phi) is 6.26. The second-order valence-corrected chi connectivity index (χ2v) is 11.4. The minimum absolute atomic E-state index is 0.0293. The number of rotatable bonds is 4. The van der Waals surface area contributed by atoms with Crippen LogP contribution in [0.5, 0.6) is 0 Å². The molecule has 1 spiro atoms. The summed E-state index contributed by atoms with van der Waals surface area (Å²) in [5.41, 5.74) is 0.656. The van der Waals surface area contributed by atoms with Gasteiger partial charge in [0, 0.05) is 26.2 Å². The molecule has 1 aromatic rings. The van der Waals surface area contributed by atoms with Gasteiger partial charge in [0.2, 0.25) is 15.9 Å². The maximum absolute atomic E-state index is 13.1. The van der Waals surface area contributed by atoms with Crippen molar-refractivity contribution >= 4 is 27.9 Å². The minimum Gasteiger partial charge on any atom is -0.338 e. The van der Waals surface area contributed by atoms with Crippen LogP contribution in [0.15, 0.2) is 23.1 Å². The van der Waals surface area contributed by atoms with E-state index in [1.807, 2.05) is 19.9 Å². The number of aryl methyl sites for hydroxylation is 2. The van der Waals surface area contributed by atoms with Crippen LogP contribution in [0.3, 0.4) is 0 Å². The number of sulfonamides is 1. The summed E-state index contributed by atoms with van der Waals surface area (Å²) in [4.78, 5) is 41.4. The first-order valence-corrected chi connectivity index (χ1v) is 13.0. The van der Waals surface area contributed by atoms with Crippen LogP contribution >= 0.6 is 0 Å². The minimum atomic E-state index is -3.66. The number of imide groups is 1. The number of nitrogens with zero attached hydrogens (tertiary/aromatic N) is 3. The Morgan fingerprint density at radius 3 is 2.48 bits per heavy atom. The number of carbonyl (C=O) groups is 3. The molecule has 10 heteroatoms. The van der Waals surface area contributed by atoms with Crippen molar-refractivity contribution in [3.05, 3.63) is 29.3 Å². The van der Waals surface area contributed by atoms with Gasteiger partial charge in [-0.2, -0.15) is 4.31 Å². The van der Waals surface area contributed by atoms with E-state index in [-0.39, 0.29) is 55.4 Å². The van der Waals surface area contributed by atoms with Gasteiger partial charge in [-0.05, 0) is 49.8 Å². The summed E-state index contributed by atoms with van der Waals surface area (Å²) in [6.45, 7) is 6.04. The largest absolute Gasteiger partial charge is 0.338 e. The van der Waals surface area contributed by atoms with Crippen LogP contribution < -0.4 is 5.32 Å². The van der Waals surface area contributed by atoms with Crippen LogP contribution in [0.2, 0.25) is 0 Å². The Bertz CT molecular complexity index is 1080. The number of amides is 4. The van der Waals surface area contributed by atoms with Crippen molar-refractivity contribution < 1.29 is 22.8 Å². The highest BCUT2D eigenvalue weighted by Gasteiger charge is 2.55. The second-order valence-electron chi connectivity index (χ2n) is 9.49. The number of benzene rings is 1. The molecular formula is C23H32N4O5S. The van der Waals surface area contributed by atoms with E-state index in [9.17, 15) is 22.8 Å². The monoisotopic (exact) mass is 476 g/mol. The van der Waals surface area contributed by atoms with E-state index in [1.165, 1.54) is 9.21 Å². The lowest BCUT2D eigenvalue weighted by Gasteiger charge is -2.37. The smallest absolute Gasteiger partial charge is 0.325 e. The molecule has 3 aliphatic rings. The highest BCUT2D eigenvalue weighted by Crippen LogP contribution is 2.38. The van der Waals surface area contributed by atoms with Gasteiger partial charge in [-0.15, -0.1) is 0 Å². The van der Waals surface area contributed by atoms with Gasteiger partial charge in [-0.3, -0.25) is 14.5 Å². The summed E-state index contributed by atoms with van der Waals surface area (Å²) < 4.78 is 27.6. The molecule has 2 atom stereocenters. The van der Waals surface area contributed by atoms with Gasteiger partial charge >= 0.3 is 6.03 Å². The number of piperazine rings is 1. The average molecular weight is 477 g/mol. The van der Waals surface area contributed by atoms with Crippen LogP contribution in [0.1, 0.15) is 43.7 Å². The van der Waals surface area contributed by atoms with Crippen molar-refractivity contribution in [2.24, 2.45) is 5.92 Å². The normalized spacial score (nSPS) is 26.7. The van der Waals surface area contributed by atoms with Crippen LogP contribution in [-0.2, 0) is 19.6 Å². The first-order valence-electron chi connectivity index (χ1n) is 11.6. The van der Waals surface area contributed by atoms with Crippen molar-refractivity contribution in [2.45, 2.75) is 56.9 Å². The summed E-state index contributed by atoms with van der Waals surface area (Å²) in [7, 11) is -3.66. The highest BCUT2D eigenvalue weighted by molar-refractivity contribution is 7.89. The molecule has 1 N–H and O–H groups in total. The van der Waals surface area contributed by atoms with Gasteiger partial charge in [0.15, 0.2) is 0 Å². The van der Waals surface area contributed by atoms with Crippen molar-refractivity contribution in [2.75, 3.05) is 32.7 Å². The second kappa shape index (κ2) is 8.72. The fourth-order valence-corrected chi connectivity index (χ4v) is 6.91. The molecule has 2 saturated heterocycles. The Labute approximate surface area is 195 Å². The molecule has 1 aliphatic carbocycles. The Morgan fingerprint density at radius 1 is 1.12 bits per heavy atom. The first-order chi connectivity index (χ1) is 15.6. The lowest BCUT2D eigenvalue weighted by Crippen LogP contribution is -2.55. The fourth-order valence-electron chi connectivity index (χ4n) is 5.18. The van der Waals surface area contributed by atoms with Gasteiger partial charge in [0.25, 0.3) is 5.91 Å². The molecule has 9 nitrogen and oxygen atoms in total. The summed E-state index contributed by atoms with van der Waals surface area (Å²) in [5, 5.41) is 2.86. The molecule has 4 amide bonds. The van der Waals surface area contributed by atoms with Crippen molar-refractivity contribution in [1.82, 2.24) is 19.4 Å². The van der Waals surface area contributed by atoms with Crippen molar-refractivity contribution in [1.29, 1.82) is 0 Å². The summed E-state index contributed by atoms with van der Waals surface area (Å²) >= 11 is 0. The maximum atomic E-state index is 13.1. The Hall–Kier alpha value is -2.46. The van der Waals surface area contributed by atoms with Crippen LogP contribution in [0, 0.1) is 19.8 Å². The van der Waals surface area contributed by atoms with Crippen LogP contribution in [0.25, 0.3) is 0 Å². The van der Waals surface area contributed by atoms with E-state index >= 15 is 0 Å². The molecule has 4 rings (SSSR count). The number of hydrogen-bond acceptors (Lipinski definition) is 5. The van der Waals surface area contributed by atoms with Crippen LogP contribution in [0.4, 0.5) is 4.79 Å². The number of urea groups is 1. The molecule has 180 valence electrons. The molecule has 0 aromatic heterocycles. The number of carbonyl (C=O) groups excluding carboxylic acids is 3. The summed E-state index contributed by atoms with van der Waals surface area (Å²) in [6, 6.07) is 4.82. The third-order valence-electron chi connectivity index (χ3n) is 7.35. The van der Waals surface area contributed by atoms with E-state index in [1.54, 1.807) is 19.1 Å². The molecule has 2 heterocycles. The lowest BCUT2D eigenvalue weighted by atomic mass is 9.73. The molecule has 3 fully saturated rings. The standard InChI is InChI=1S/C23H32N4O5S/c1-16-7-8-17(2)19(14-16)33(31,32)26-12-10-25(11-13-26)20(28)15-27-21(29)23(24-22(27)30)9-5-4-6-18(23)3/h7-8,14,18H,4-6,9-13,15H2,1-3H3,(H,24,30)/t18-,23-/m1/s1. The molecule has 0 radical (unpaired) electrons.